The first-order valence-corrected chi connectivity index (χ1v) is 8.13. The molecule has 2 unspecified atom stereocenters. The molecule has 116 valence electrons. The number of halogens is 1. The molecule has 2 aliphatic heterocycles. The largest absolute Gasteiger partial charge is 0.486 e. The van der Waals surface area contributed by atoms with Crippen molar-refractivity contribution in [2.24, 2.45) is 5.73 Å². The van der Waals surface area contributed by atoms with Gasteiger partial charge in [-0.3, -0.25) is 4.90 Å². The maximum absolute atomic E-state index is 6.36. The van der Waals surface area contributed by atoms with Crippen molar-refractivity contribution in [1.82, 2.24) is 4.90 Å². The highest BCUT2D eigenvalue weighted by atomic mass is 35.5. The van der Waals surface area contributed by atoms with Crippen LogP contribution in [0.4, 0.5) is 0 Å². The Kier molecular flexibility index (Phi) is 4.57. The lowest BCUT2D eigenvalue weighted by Gasteiger charge is -2.39. The molecule has 5 heteroatoms. The van der Waals surface area contributed by atoms with Crippen molar-refractivity contribution < 1.29 is 9.47 Å². The van der Waals surface area contributed by atoms with E-state index in [1.807, 2.05) is 12.1 Å². The molecule has 2 aliphatic rings. The second-order valence-corrected chi connectivity index (χ2v) is 6.27. The van der Waals surface area contributed by atoms with Gasteiger partial charge in [-0.05, 0) is 44.0 Å². The third-order valence-electron chi connectivity index (χ3n) is 4.48. The van der Waals surface area contributed by atoms with Crippen molar-refractivity contribution in [3.63, 3.8) is 0 Å². The lowest BCUT2D eigenvalue weighted by Crippen LogP contribution is -2.43. The van der Waals surface area contributed by atoms with Gasteiger partial charge < -0.3 is 15.2 Å². The number of nitrogens with zero attached hydrogens (tertiary/aromatic N) is 1. The zero-order valence-corrected chi connectivity index (χ0v) is 13.2. The summed E-state index contributed by atoms with van der Waals surface area (Å²) in [6.07, 6.45) is 3.77. The topological polar surface area (TPSA) is 47.7 Å². The fourth-order valence-electron chi connectivity index (χ4n) is 3.37. The van der Waals surface area contributed by atoms with Crippen LogP contribution >= 0.6 is 11.6 Å². The van der Waals surface area contributed by atoms with Crippen LogP contribution in [0.2, 0.25) is 5.02 Å². The summed E-state index contributed by atoms with van der Waals surface area (Å²) in [6.45, 7) is 5.08. The first-order valence-electron chi connectivity index (χ1n) is 7.75. The van der Waals surface area contributed by atoms with E-state index in [1.165, 1.54) is 19.3 Å². The Morgan fingerprint density at radius 2 is 2.14 bits per heavy atom. The van der Waals surface area contributed by atoms with E-state index in [4.69, 9.17) is 26.8 Å². The molecular weight excluding hydrogens is 288 g/mol. The highest BCUT2D eigenvalue weighted by Crippen LogP contribution is 2.41. The molecule has 2 heterocycles. The maximum atomic E-state index is 6.36. The van der Waals surface area contributed by atoms with Gasteiger partial charge in [-0.15, -0.1) is 0 Å². The Balaban J connectivity index is 1.91. The van der Waals surface area contributed by atoms with Crippen LogP contribution in [0.3, 0.4) is 0 Å². The molecule has 0 radical (unpaired) electrons. The molecule has 4 nitrogen and oxygen atoms in total. The average Bonchev–Trinajstić information content (AvgIpc) is 2.50. The average molecular weight is 311 g/mol. The molecule has 0 spiro atoms. The Morgan fingerprint density at radius 3 is 2.90 bits per heavy atom. The number of hydrogen-bond acceptors (Lipinski definition) is 4. The molecule has 0 saturated carbocycles. The summed E-state index contributed by atoms with van der Waals surface area (Å²) in [5, 5.41) is 0.616. The van der Waals surface area contributed by atoms with Crippen molar-refractivity contribution in [3.8, 4) is 11.5 Å². The van der Waals surface area contributed by atoms with Crippen molar-refractivity contribution in [2.75, 3.05) is 26.3 Å². The third-order valence-corrected chi connectivity index (χ3v) is 4.76. The molecule has 1 fully saturated rings. The standard InChI is InChI=1S/C16H23ClN2O2/c1-11-4-2-3-5-19(11)14(10-18)12-8-13(17)16-15(9-12)20-6-7-21-16/h8-9,11,14H,2-7,10,18H2,1H3. The number of ether oxygens (including phenoxy) is 2. The molecular formula is C16H23ClN2O2. The van der Waals surface area contributed by atoms with E-state index in [1.54, 1.807) is 0 Å². The van der Waals surface area contributed by atoms with Crippen molar-refractivity contribution >= 4 is 11.6 Å². The van der Waals surface area contributed by atoms with Crippen LogP contribution in [0.1, 0.15) is 37.8 Å². The monoisotopic (exact) mass is 310 g/mol. The van der Waals surface area contributed by atoms with Gasteiger partial charge in [-0.2, -0.15) is 0 Å². The zero-order valence-electron chi connectivity index (χ0n) is 12.5. The van der Waals surface area contributed by atoms with Gasteiger partial charge in [-0.25, -0.2) is 0 Å². The van der Waals surface area contributed by atoms with Crippen LogP contribution in [0.25, 0.3) is 0 Å². The highest BCUT2D eigenvalue weighted by Gasteiger charge is 2.28. The fourth-order valence-corrected chi connectivity index (χ4v) is 3.64. The summed E-state index contributed by atoms with van der Waals surface area (Å²) in [5.41, 5.74) is 7.19. The predicted octanol–water partition coefficient (Wildman–Crippen LogP) is 2.99. The Labute approximate surface area is 131 Å². The molecule has 1 aromatic carbocycles. The lowest BCUT2D eigenvalue weighted by atomic mass is 9.97. The van der Waals surface area contributed by atoms with Crippen LogP contribution in [-0.2, 0) is 0 Å². The van der Waals surface area contributed by atoms with Crippen LogP contribution in [0, 0.1) is 0 Å². The number of nitrogens with two attached hydrogens (primary N) is 1. The number of rotatable bonds is 3. The molecule has 1 aromatic rings. The first-order chi connectivity index (χ1) is 10.2. The Morgan fingerprint density at radius 1 is 1.33 bits per heavy atom. The third kappa shape index (κ3) is 2.98. The van der Waals surface area contributed by atoms with E-state index in [2.05, 4.69) is 11.8 Å². The second-order valence-electron chi connectivity index (χ2n) is 5.86. The fraction of sp³-hybridized carbons (Fsp3) is 0.625. The Hall–Kier alpha value is -0.970. The van der Waals surface area contributed by atoms with Gasteiger partial charge in [0.1, 0.15) is 13.2 Å². The van der Waals surface area contributed by atoms with Gasteiger partial charge >= 0.3 is 0 Å². The second kappa shape index (κ2) is 6.42. The van der Waals surface area contributed by atoms with Crippen LogP contribution in [-0.4, -0.2) is 37.2 Å². The molecule has 21 heavy (non-hydrogen) atoms. The minimum absolute atomic E-state index is 0.189. The molecule has 0 aromatic heterocycles. The quantitative estimate of drug-likeness (QED) is 0.932. The smallest absolute Gasteiger partial charge is 0.179 e. The molecule has 0 bridgehead atoms. The highest BCUT2D eigenvalue weighted by molar-refractivity contribution is 6.32. The summed E-state index contributed by atoms with van der Waals surface area (Å²) in [5.74, 6) is 1.40. The van der Waals surface area contributed by atoms with E-state index in [0.717, 1.165) is 17.9 Å². The van der Waals surface area contributed by atoms with Gasteiger partial charge in [-0.1, -0.05) is 18.0 Å². The van der Waals surface area contributed by atoms with Gasteiger partial charge in [0.05, 0.1) is 5.02 Å². The van der Waals surface area contributed by atoms with Crippen LogP contribution in [0.15, 0.2) is 12.1 Å². The minimum atomic E-state index is 0.189. The Bertz CT molecular complexity index is 509. The van der Waals surface area contributed by atoms with Crippen molar-refractivity contribution in [1.29, 1.82) is 0 Å². The van der Waals surface area contributed by atoms with E-state index in [9.17, 15) is 0 Å². The van der Waals surface area contributed by atoms with E-state index < -0.39 is 0 Å². The van der Waals surface area contributed by atoms with E-state index >= 15 is 0 Å². The van der Waals surface area contributed by atoms with Gasteiger partial charge in [0.15, 0.2) is 11.5 Å². The van der Waals surface area contributed by atoms with Crippen molar-refractivity contribution in [3.05, 3.63) is 22.7 Å². The normalized spacial score (nSPS) is 23.9. The maximum Gasteiger partial charge on any atom is 0.179 e. The molecule has 2 N–H and O–H groups in total. The summed E-state index contributed by atoms with van der Waals surface area (Å²) < 4.78 is 11.3. The zero-order chi connectivity index (χ0) is 14.8. The number of piperidine rings is 1. The van der Waals surface area contributed by atoms with Crippen molar-refractivity contribution in [2.45, 2.75) is 38.3 Å². The molecule has 1 saturated heterocycles. The van der Waals surface area contributed by atoms with Crippen LogP contribution < -0.4 is 15.2 Å². The predicted molar refractivity (Wildman–Crippen MR) is 84.3 cm³/mol. The number of fused-ring (bicyclic) bond motifs is 1. The summed E-state index contributed by atoms with van der Waals surface area (Å²) >= 11 is 6.36. The minimum Gasteiger partial charge on any atom is -0.486 e. The van der Waals surface area contributed by atoms with E-state index in [-0.39, 0.29) is 6.04 Å². The molecule has 0 aliphatic carbocycles. The summed E-state index contributed by atoms with van der Waals surface area (Å²) in [7, 11) is 0. The summed E-state index contributed by atoms with van der Waals surface area (Å²) in [4.78, 5) is 2.49. The summed E-state index contributed by atoms with van der Waals surface area (Å²) in [6, 6.07) is 4.76. The number of hydrogen-bond donors (Lipinski definition) is 1. The SMILES string of the molecule is CC1CCCCN1C(CN)c1cc(Cl)c2c(c1)OCCO2. The molecule has 2 atom stereocenters. The van der Waals surface area contributed by atoms with Crippen LogP contribution in [0.5, 0.6) is 11.5 Å². The van der Waals surface area contributed by atoms with E-state index in [0.29, 0.717) is 36.6 Å². The van der Waals surface area contributed by atoms with Gasteiger partial charge in [0, 0.05) is 18.6 Å². The molecule has 3 rings (SSSR count). The molecule has 0 amide bonds. The van der Waals surface area contributed by atoms with Gasteiger partial charge in [0.25, 0.3) is 0 Å². The van der Waals surface area contributed by atoms with Gasteiger partial charge in [0.2, 0.25) is 0 Å². The number of benzene rings is 1. The first kappa shape index (κ1) is 14.9. The lowest BCUT2D eigenvalue weighted by molar-refractivity contribution is 0.108. The number of likely N-dealkylation sites (tertiary alicyclic amines) is 1.